The Bertz CT molecular complexity index is 1630. The molecule has 0 spiro atoms. The molecule has 0 atom stereocenters. The molecule has 0 N–H and O–H groups in total. The van der Waals surface area contributed by atoms with E-state index in [1.54, 1.807) is 54.6 Å². The van der Waals surface area contributed by atoms with Crippen LogP contribution in [0.25, 0.3) is 23.0 Å². The molecule has 2 heterocycles. The van der Waals surface area contributed by atoms with Gasteiger partial charge in [-0.15, -0.1) is 0 Å². The minimum atomic E-state index is -5.27. The standard InChI is InChI=1S/C27H15F7N4O/c1-14-7-9-15(10-8-14)23-16(13-37(35-23)17-5-3-2-4-6-17)11-18-25(27(32,33)34)36-38(26(18)39)24-21(30)19(28)12-20(29)22(24)31/h2-13H,1H3/b18-11-. The average molecular weight is 544 g/mol. The largest absolute Gasteiger partial charge is 0.435 e. The Morgan fingerprint density at radius 3 is 2.08 bits per heavy atom. The normalized spacial score (nSPS) is 14.9. The number of carbonyl (C=O) groups excluding carboxylic acids is 1. The van der Waals surface area contributed by atoms with Gasteiger partial charge in [0, 0.05) is 23.4 Å². The highest BCUT2D eigenvalue weighted by atomic mass is 19.4. The van der Waals surface area contributed by atoms with E-state index < -0.39 is 52.3 Å². The Morgan fingerprint density at radius 1 is 0.872 bits per heavy atom. The van der Waals surface area contributed by atoms with Crippen LogP contribution >= 0.6 is 0 Å². The van der Waals surface area contributed by atoms with Crippen LogP contribution in [0.5, 0.6) is 0 Å². The van der Waals surface area contributed by atoms with Gasteiger partial charge in [-0.3, -0.25) is 4.79 Å². The molecule has 1 aromatic heterocycles. The van der Waals surface area contributed by atoms with Crippen molar-refractivity contribution in [1.82, 2.24) is 9.78 Å². The van der Waals surface area contributed by atoms with Gasteiger partial charge in [-0.2, -0.15) is 28.4 Å². The average Bonchev–Trinajstić information content (AvgIpc) is 3.46. The number of aryl methyl sites for hydroxylation is 1. The number of halogens is 7. The van der Waals surface area contributed by atoms with Crippen molar-refractivity contribution in [2.24, 2.45) is 5.10 Å². The van der Waals surface area contributed by atoms with Gasteiger partial charge in [0.05, 0.1) is 17.0 Å². The van der Waals surface area contributed by atoms with E-state index in [2.05, 4.69) is 10.2 Å². The smallest absolute Gasteiger partial charge is 0.267 e. The molecule has 0 unspecified atom stereocenters. The van der Waals surface area contributed by atoms with Crippen LogP contribution < -0.4 is 5.01 Å². The molecular formula is C27H15F7N4O. The van der Waals surface area contributed by atoms with Crippen molar-refractivity contribution in [3.63, 3.8) is 0 Å². The number of alkyl halides is 3. The topological polar surface area (TPSA) is 50.5 Å². The predicted octanol–water partition coefficient (Wildman–Crippen LogP) is 6.75. The maximum absolute atomic E-state index is 14.4. The number of benzene rings is 3. The van der Waals surface area contributed by atoms with Gasteiger partial charge in [0.2, 0.25) is 0 Å². The van der Waals surface area contributed by atoms with Gasteiger partial charge in [-0.1, -0.05) is 48.0 Å². The number of hydrogen-bond donors (Lipinski definition) is 0. The van der Waals surface area contributed by atoms with Crippen molar-refractivity contribution >= 4 is 23.4 Å². The van der Waals surface area contributed by atoms with Gasteiger partial charge in [0.25, 0.3) is 5.91 Å². The van der Waals surface area contributed by atoms with Crippen LogP contribution in [0.3, 0.4) is 0 Å². The molecule has 0 fully saturated rings. The molecule has 1 amide bonds. The van der Waals surface area contributed by atoms with Gasteiger partial charge in [-0.25, -0.2) is 22.2 Å². The fraction of sp³-hybridized carbons (Fsp3) is 0.0741. The van der Waals surface area contributed by atoms with Crippen molar-refractivity contribution < 1.29 is 35.5 Å². The fourth-order valence-corrected chi connectivity index (χ4v) is 3.95. The zero-order valence-corrected chi connectivity index (χ0v) is 19.8. The summed E-state index contributed by atoms with van der Waals surface area (Å²) in [6.45, 7) is 1.83. The number of hydrogen-bond acceptors (Lipinski definition) is 3. The minimum absolute atomic E-state index is 0.0382. The van der Waals surface area contributed by atoms with Gasteiger partial charge < -0.3 is 0 Å². The third-order valence-electron chi connectivity index (χ3n) is 5.83. The maximum atomic E-state index is 14.4. The van der Waals surface area contributed by atoms with Crippen molar-refractivity contribution in [1.29, 1.82) is 0 Å². The van der Waals surface area contributed by atoms with E-state index in [4.69, 9.17) is 0 Å². The molecule has 3 aromatic carbocycles. The van der Waals surface area contributed by atoms with Crippen LogP contribution in [0.4, 0.5) is 36.4 Å². The Hall–Kier alpha value is -4.74. The van der Waals surface area contributed by atoms with Crippen LogP contribution in [-0.2, 0) is 4.79 Å². The summed E-state index contributed by atoms with van der Waals surface area (Å²) in [4.78, 5) is 13.1. The third-order valence-corrected chi connectivity index (χ3v) is 5.83. The molecule has 5 rings (SSSR count). The van der Waals surface area contributed by atoms with Crippen LogP contribution in [-0.4, -0.2) is 27.6 Å². The van der Waals surface area contributed by atoms with E-state index >= 15 is 0 Å². The lowest BCUT2D eigenvalue weighted by atomic mass is 10.0. The zero-order valence-electron chi connectivity index (χ0n) is 19.8. The second kappa shape index (κ2) is 9.53. The van der Waals surface area contributed by atoms with Crippen molar-refractivity contribution in [3.8, 4) is 16.9 Å². The van der Waals surface area contributed by atoms with Gasteiger partial charge >= 0.3 is 6.18 Å². The highest BCUT2D eigenvalue weighted by Gasteiger charge is 2.48. The van der Waals surface area contributed by atoms with E-state index in [0.717, 1.165) is 11.6 Å². The van der Waals surface area contributed by atoms with E-state index in [1.165, 1.54) is 10.9 Å². The Kier molecular flexibility index (Phi) is 6.33. The summed E-state index contributed by atoms with van der Waals surface area (Å²) >= 11 is 0. The molecule has 0 bridgehead atoms. The first-order chi connectivity index (χ1) is 18.5. The Morgan fingerprint density at radius 2 is 1.49 bits per heavy atom. The summed E-state index contributed by atoms with van der Waals surface area (Å²) in [6.07, 6.45) is -3.08. The van der Waals surface area contributed by atoms with Crippen LogP contribution in [0.15, 0.2) is 77.5 Å². The van der Waals surface area contributed by atoms with Gasteiger partial charge in [0.1, 0.15) is 5.69 Å². The molecule has 39 heavy (non-hydrogen) atoms. The summed E-state index contributed by atoms with van der Waals surface area (Å²) < 4.78 is 99.7. The summed E-state index contributed by atoms with van der Waals surface area (Å²) in [5.74, 6) is -9.63. The van der Waals surface area contributed by atoms with Crippen LogP contribution in [0.2, 0.25) is 0 Å². The number of para-hydroxylation sites is 1. The van der Waals surface area contributed by atoms with E-state index in [9.17, 15) is 35.5 Å². The lowest BCUT2D eigenvalue weighted by molar-refractivity contribution is -0.114. The first kappa shape index (κ1) is 25.9. The molecule has 1 aliphatic heterocycles. The molecule has 1 aliphatic rings. The first-order valence-corrected chi connectivity index (χ1v) is 11.2. The van der Waals surface area contributed by atoms with Crippen molar-refractivity contribution in [2.45, 2.75) is 13.1 Å². The van der Waals surface area contributed by atoms with E-state index in [0.29, 0.717) is 11.3 Å². The summed E-state index contributed by atoms with van der Waals surface area (Å²) in [5.41, 5.74) is -2.44. The summed E-state index contributed by atoms with van der Waals surface area (Å²) in [6, 6.07) is 15.3. The molecule has 0 saturated heterocycles. The molecule has 0 saturated carbocycles. The van der Waals surface area contributed by atoms with Crippen molar-refractivity contribution in [3.05, 3.63) is 107 Å². The minimum Gasteiger partial charge on any atom is -0.267 e. The Balaban J connectivity index is 1.70. The summed E-state index contributed by atoms with van der Waals surface area (Å²) in [5, 5.41) is 7.17. The van der Waals surface area contributed by atoms with Crippen molar-refractivity contribution in [2.75, 3.05) is 5.01 Å². The van der Waals surface area contributed by atoms with Gasteiger partial charge in [-0.05, 0) is 25.1 Å². The number of amides is 1. The fourth-order valence-electron chi connectivity index (χ4n) is 3.95. The van der Waals surface area contributed by atoms with E-state index in [-0.39, 0.29) is 22.3 Å². The second-order valence-electron chi connectivity index (χ2n) is 8.52. The lowest BCUT2D eigenvalue weighted by Gasteiger charge is -2.14. The number of rotatable bonds is 4. The van der Waals surface area contributed by atoms with Crippen LogP contribution in [0, 0.1) is 30.2 Å². The Labute approximate surface area is 216 Å². The molecule has 12 heteroatoms. The maximum Gasteiger partial charge on any atom is 0.435 e. The highest BCUT2D eigenvalue weighted by molar-refractivity contribution is 6.34. The molecule has 198 valence electrons. The first-order valence-electron chi connectivity index (χ1n) is 11.2. The van der Waals surface area contributed by atoms with Gasteiger partial charge in [0.15, 0.2) is 29.0 Å². The molecule has 4 aromatic rings. The highest BCUT2D eigenvalue weighted by Crippen LogP contribution is 2.37. The molecule has 0 radical (unpaired) electrons. The predicted molar refractivity (Wildman–Crippen MR) is 129 cm³/mol. The number of nitrogens with zero attached hydrogens (tertiary/aromatic N) is 4. The number of aromatic nitrogens is 2. The lowest BCUT2D eigenvalue weighted by Crippen LogP contribution is -2.26. The third kappa shape index (κ3) is 4.69. The number of hydrazone groups is 1. The van der Waals surface area contributed by atoms with E-state index in [1.807, 2.05) is 6.92 Å². The van der Waals surface area contributed by atoms with Crippen LogP contribution in [0.1, 0.15) is 11.1 Å². The molecular weight excluding hydrogens is 529 g/mol. The number of anilines is 1. The molecule has 5 nitrogen and oxygen atoms in total. The zero-order chi connectivity index (χ0) is 28.1. The SMILES string of the molecule is Cc1ccc(-c2nn(-c3ccccc3)cc2/C=C2\C(=O)N(c3c(F)c(F)cc(F)c3F)N=C2C(F)(F)F)cc1. The monoisotopic (exact) mass is 544 g/mol. The summed E-state index contributed by atoms with van der Waals surface area (Å²) in [7, 11) is 0. The molecule has 0 aliphatic carbocycles. The second-order valence-corrected chi connectivity index (χ2v) is 8.52. The number of carbonyl (C=O) groups is 1. The quantitative estimate of drug-likeness (QED) is 0.162.